The van der Waals surface area contributed by atoms with Crippen LogP contribution in [0.4, 0.5) is 5.82 Å². The van der Waals surface area contributed by atoms with E-state index in [1.54, 1.807) is 125 Å². The maximum absolute atomic E-state index is 14.9. The number of aromatic nitrogens is 4. The molecule has 0 amide bonds. The van der Waals surface area contributed by atoms with Crippen LogP contribution in [0.2, 0.25) is 0 Å². The van der Waals surface area contributed by atoms with Crippen LogP contribution in [0.15, 0.2) is 12.7 Å². The molecule has 9 atom stereocenters. The third-order valence-corrected chi connectivity index (χ3v) is 14.4. The van der Waals surface area contributed by atoms with Gasteiger partial charge in [0.1, 0.15) is 54.6 Å². The van der Waals surface area contributed by atoms with E-state index in [1.807, 2.05) is 0 Å². The summed E-state index contributed by atoms with van der Waals surface area (Å²) >= 11 is 0. The molecule has 0 spiro atoms. The van der Waals surface area contributed by atoms with Crippen molar-refractivity contribution in [1.82, 2.24) is 19.5 Å². The van der Waals surface area contributed by atoms with Crippen LogP contribution in [0.1, 0.15) is 131 Å². The Morgan fingerprint density at radius 2 is 0.955 bits per heavy atom. The van der Waals surface area contributed by atoms with Gasteiger partial charge in [-0.3, -0.25) is 45.3 Å². The lowest BCUT2D eigenvalue weighted by Gasteiger charge is -2.46. The lowest BCUT2D eigenvalue weighted by Crippen LogP contribution is -2.62. The van der Waals surface area contributed by atoms with E-state index >= 15 is 0 Å². The minimum absolute atomic E-state index is 0.0311. The predicted octanol–water partition coefficient (Wildman–Crippen LogP) is 7.13. The van der Waals surface area contributed by atoms with Gasteiger partial charge in [-0.1, -0.05) is 0 Å². The molecule has 0 saturated carbocycles. The van der Waals surface area contributed by atoms with Crippen molar-refractivity contribution in [3.05, 3.63) is 12.7 Å². The summed E-state index contributed by atoms with van der Waals surface area (Å²) in [4.78, 5) is 12.7. The van der Waals surface area contributed by atoms with Crippen LogP contribution in [-0.4, -0.2) is 131 Å². The largest absolute Gasteiger partial charge is 0.476 e. The molecule has 23 nitrogen and oxygen atoms in total. The monoisotopic (exact) mass is 1010 g/mol. The first kappa shape index (κ1) is 57.0. The number of nitrogen functional groups attached to an aromatic ring is 1. The van der Waals surface area contributed by atoms with Gasteiger partial charge in [0.25, 0.3) is 0 Å². The number of fused-ring (bicyclic) bond motifs is 1. The molecule has 2 saturated heterocycles. The number of nitrogens with two attached hydrogens (primary N) is 1. The lowest BCUT2D eigenvalue weighted by atomic mass is 9.99. The molecule has 2 aliphatic heterocycles. The van der Waals surface area contributed by atoms with Crippen molar-refractivity contribution in [2.24, 2.45) is 0 Å². The van der Waals surface area contributed by atoms with Gasteiger partial charge in [0.15, 0.2) is 24.0 Å². The summed E-state index contributed by atoms with van der Waals surface area (Å²) < 4.78 is 119. The van der Waals surface area contributed by atoms with Crippen LogP contribution < -0.4 is 5.73 Å². The fraction of sp³-hybridized carbons (Fsp3) is 0.875. The minimum atomic E-state index is -4.82. The molecule has 4 rings (SSSR count). The maximum atomic E-state index is 14.9. The molecule has 0 aromatic carbocycles. The highest BCUT2D eigenvalue weighted by molar-refractivity contribution is 7.49. The van der Waals surface area contributed by atoms with Gasteiger partial charge < -0.3 is 35.3 Å². The van der Waals surface area contributed by atoms with Crippen LogP contribution in [0.25, 0.3) is 11.2 Å². The van der Waals surface area contributed by atoms with Gasteiger partial charge in [-0.05, 0) is 125 Å². The standard InChI is InChI=1S/C40H74N5O18P3/c1-35(2,3)58-64(49,59-36(4,5)6)55-28-24(20-47)53-34(26(48)29(28)56-65(50,60-37(7,8)9)61-38(10,11)12)54-27-23(19-46)52-33(45-22-44-25-31(41)42-21-43-32(25)45)30(27)57-66(51,62-39(13,14)15)63-40(16,17)18/h21-24,26-30,33-34,46-48H,19-20H2,1-18H3,(H2,41,42,43)/t23-,24-,26-,27?,28-,29-,30-,33-,34-/m1/s1. The summed E-state index contributed by atoms with van der Waals surface area (Å²) in [5.74, 6) is 0.0311. The zero-order chi connectivity index (χ0) is 50.4. The highest BCUT2D eigenvalue weighted by Crippen LogP contribution is 2.62. The van der Waals surface area contributed by atoms with E-state index in [2.05, 4.69) is 15.0 Å². The first-order chi connectivity index (χ1) is 29.7. The predicted molar refractivity (Wildman–Crippen MR) is 240 cm³/mol. The maximum Gasteiger partial charge on any atom is 0.476 e. The van der Waals surface area contributed by atoms with Crippen LogP contribution in [0.3, 0.4) is 0 Å². The summed E-state index contributed by atoms with van der Waals surface area (Å²) in [5.41, 5.74) is -0.451. The molecule has 2 fully saturated rings. The van der Waals surface area contributed by atoms with E-state index in [4.69, 9.17) is 60.7 Å². The summed E-state index contributed by atoms with van der Waals surface area (Å²) in [6, 6.07) is 0. The third-order valence-electron chi connectivity index (χ3n) is 8.28. The molecule has 1 unspecified atom stereocenters. The molecular formula is C40H74N5O18P3. The number of imidazole rings is 1. The van der Waals surface area contributed by atoms with Crippen molar-refractivity contribution in [3.8, 4) is 0 Å². The smallest absolute Gasteiger partial charge is 0.394 e. The molecule has 2 aromatic rings. The number of phosphoric acid groups is 3. The number of anilines is 1. The van der Waals surface area contributed by atoms with Gasteiger partial charge in [-0.15, -0.1) is 0 Å². The Morgan fingerprint density at radius 3 is 1.35 bits per heavy atom. The van der Waals surface area contributed by atoms with E-state index in [0.717, 1.165) is 0 Å². The molecule has 2 aliphatic rings. The number of nitrogens with zero attached hydrogens (tertiary/aromatic N) is 4. The molecule has 0 bridgehead atoms. The molecule has 66 heavy (non-hydrogen) atoms. The van der Waals surface area contributed by atoms with E-state index < -0.39 is 126 Å². The van der Waals surface area contributed by atoms with E-state index in [1.165, 1.54) is 17.2 Å². The molecule has 382 valence electrons. The quantitative estimate of drug-likeness (QED) is 0.115. The normalized spacial score (nSPS) is 27.0. The number of phosphoric ester groups is 3. The Bertz CT molecular complexity index is 2030. The van der Waals surface area contributed by atoms with Crippen molar-refractivity contribution in [2.75, 3.05) is 18.9 Å². The van der Waals surface area contributed by atoms with Gasteiger partial charge in [0.2, 0.25) is 0 Å². The van der Waals surface area contributed by atoms with Crippen molar-refractivity contribution < 1.29 is 83.9 Å². The first-order valence-electron chi connectivity index (χ1n) is 21.6. The topological polar surface area (TPSA) is 292 Å². The van der Waals surface area contributed by atoms with Crippen LogP contribution in [0.5, 0.6) is 0 Å². The summed E-state index contributed by atoms with van der Waals surface area (Å²) in [6.45, 7) is 27.3. The number of hydrogen-bond donors (Lipinski definition) is 4. The van der Waals surface area contributed by atoms with E-state index in [9.17, 15) is 29.0 Å². The van der Waals surface area contributed by atoms with Gasteiger partial charge in [-0.25, -0.2) is 28.6 Å². The summed E-state index contributed by atoms with van der Waals surface area (Å²) in [6.07, 6.45) is -12.9. The van der Waals surface area contributed by atoms with Crippen LogP contribution >= 0.6 is 23.5 Å². The highest BCUT2D eigenvalue weighted by atomic mass is 31.2. The Labute approximate surface area is 388 Å². The SMILES string of the molecule is CC(C)(C)OP(=O)(O[C@@H]1[C@@H](O)[C@@H](OC2[C@@H](OP(=O)(OC(C)(C)C)OC(C)(C)C)[C@H](n3cnc4c(N)ncnc43)O[C@@H]2CO)O[C@H](CO)[C@H]1OP(=O)(OC(C)(C)C)OC(C)(C)C)OC(C)(C)C. The Kier molecular flexibility index (Phi) is 17.5. The van der Waals surface area contributed by atoms with Crippen molar-refractivity contribution in [3.63, 3.8) is 0 Å². The molecule has 5 N–H and O–H groups in total. The van der Waals surface area contributed by atoms with Crippen molar-refractivity contribution in [2.45, 2.75) is 213 Å². The summed E-state index contributed by atoms with van der Waals surface area (Å²) in [7, 11) is -14.2. The first-order valence-corrected chi connectivity index (χ1v) is 25.9. The van der Waals surface area contributed by atoms with Crippen LogP contribution in [0, 0.1) is 0 Å². The zero-order valence-corrected chi connectivity index (χ0v) is 44.1. The molecule has 26 heteroatoms. The Morgan fingerprint density at radius 1 is 0.576 bits per heavy atom. The zero-order valence-electron chi connectivity index (χ0n) is 41.4. The lowest BCUT2D eigenvalue weighted by molar-refractivity contribution is -0.314. The molecule has 0 aliphatic carbocycles. The second kappa shape index (κ2) is 20.3. The highest BCUT2D eigenvalue weighted by Gasteiger charge is 2.59. The Hall–Kier alpha value is -1.56. The second-order valence-corrected chi connectivity index (χ2v) is 26.3. The van der Waals surface area contributed by atoms with Gasteiger partial charge in [-0.2, -0.15) is 0 Å². The van der Waals surface area contributed by atoms with Crippen molar-refractivity contribution in [1.29, 1.82) is 0 Å². The van der Waals surface area contributed by atoms with Crippen LogP contribution in [-0.2, 0) is 68.6 Å². The molecular weight excluding hydrogens is 931 g/mol. The number of aliphatic hydroxyl groups is 3. The number of ether oxygens (including phenoxy) is 3. The van der Waals surface area contributed by atoms with Gasteiger partial charge in [0, 0.05) is 0 Å². The second-order valence-electron chi connectivity index (χ2n) is 21.9. The van der Waals surface area contributed by atoms with Crippen molar-refractivity contribution >= 4 is 40.4 Å². The van der Waals surface area contributed by atoms with Gasteiger partial charge >= 0.3 is 23.5 Å². The molecule has 2 aromatic heterocycles. The third kappa shape index (κ3) is 16.2. The molecule has 4 heterocycles. The minimum Gasteiger partial charge on any atom is -0.394 e. The summed E-state index contributed by atoms with van der Waals surface area (Å²) in [5, 5.41) is 34.3. The number of aliphatic hydroxyl groups excluding tert-OH is 3. The fourth-order valence-electron chi connectivity index (χ4n) is 6.61. The van der Waals surface area contributed by atoms with E-state index in [-0.39, 0.29) is 17.0 Å². The van der Waals surface area contributed by atoms with Gasteiger partial charge in [0.05, 0.1) is 53.1 Å². The Balaban J connectivity index is 1.93. The average molecular weight is 1010 g/mol. The number of hydrogen-bond acceptors (Lipinski definition) is 22. The average Bonchev–Trinajstić information content (AvgIpc) is 3.63. The number of rotatable bonds is 17. The molecule has 0 radical (unpaired) electrons. The fourth-order valence-corrected chi connectivity index (χ4v) is 12.6. The van der Waals surface area contributed by atoms with E-state index in [0.29, 0.717) is 0 Å².